The SMILES string of the molecule is COc1ccc(Cl)cc1N([C@@H](C)C(=O)NCCCc1ccc(F)cc1)S(C)(=O)=O. The van der Waals surface area contributed by atoms with E-state index in [4.69, 9.17) is 16.3 Å². The number of carbonyl (C=O) groups is 1. The molecule has 9 heteroatoms. The number of anilines is 1. The molecule has 0 aliphatic carbocycles. The minimum absolute atomic E-state index is 0.191. The van der Waals surface area contributed by atoms with Crippen molar-refractivity contribution in [2.45, 2.75) is 25.8 Å². The molecule has 0 aromatic heterocycles. The van der Waals surface area contributed by atoms with Gasteiger partial charge in [-0.1, -0.05) is 23.7 Å². The molecule has 1 atom stereocenters. The third kappa shape index (κ3) is 6.33. The lowest BCUT2D eigenvalue weighted by molar-refractivity contribution is -0.121. The molecule has 0 bridgehead atoms. The number of hydrogen-bond donors (Lipinski definition) is 1. The Morgan fingerprint density at radius 2 is 1.90 bits per heavy atom. The Kier molecular flexibility index (Phi) is 7.87. The minimum atomic E-state index is -3.79. The first-order chi connectivity index (χ1) is 13.6. The number of benzene rings is 2. The monoisotopic (exact) mass is 442 g/mol. The lowest BCUT2D eigenvalue weighted by Gasteiger charge is -2.29. The van der Waals surface area contributed by atoms with Crippen LogP contribution >= 0.6 is 11.6 Å². The fourth-order valence-corrected chi connectivity index (χ4v) is 4.26. The fraction of sp³-hybridized carbons (Fsp3) is 0.350. The second-order valence-corrected chi connectivity index (χ2v) is 8.87. The van der Waals surface area contributed by atoms with Crippen molar-refractivity contribution in [3.63, 3.8) is 0 Å². The van der Waals surface area contributed by atoms with Crippen LogP contribution in [0.25, 0.3) is 0 Å². The molecule has 2 aromatic carbocycles. The summed E-state index contributed by atoms with van der Waals surface area (Å²) in [5, 5.41) is 3.07. The van der Waals surface area contributed by atoms with Gasteiger partial charge in [0.1, 0.15) is 17.6 Å². The van der Waals surface area contributed by atoms with E-state index >= 15 is 0 Å². The summed E-state index contributed by atoms with van der Waals surface area (Å²) in [6.07, 6.45) is 2.31. The van der Waals surface area contributed by atoms with Crippen LogP contribution in [0.5, 0.6) is 5.75 Å². The predicted molar refractivity (Wildman–Crippen MR) is 113 cm³/mol. The third-order valence-electron chi connectivity index (χ3n) is 4.32. The normalized spacial score (nSPS) is 12.3. The van der Waals surface area contributed by atoms with E-state index < -0.39 is 22.0 Å². The molecule has 0 aliphatic heterocycles. The highest BCUT2D eigenvalue weighted by Gasteiger charge is 2.31. The average molecular weight is 443 g/mol. The molecule has 0 saturated heterocycles. The summed E-state index contributed by atoms with van der Waals surface area (Å²) in [4.78, 5) is 12.6. The molecule has 29 heavy (non-hydrogen) atoms. The maximum atomic E-state index is 12.9. The summed E-state index contributed by atoms with van der Waals surface area (Å²) < 4.78 is 44.0. The first-order valence-electron chi connectivity index (χ1n) is 8.98. The lowest BCUT2D eigenvalue weighted by Crippen LogP contribution is -2.48. The molecule has 0 saturated carbocycles. The van der Waals surface area contributed by atoms with Gasteiger partial charge in [-0.05, 0) is 55.7 Å². The minimum Gasteiger partial charge on any atom is -0.495 e. The van der Waals surface area contributed by atoms with E-state index in [2.05, 4.69) is 5.32 Å². The zero-order valence-electron chi connectivity index (χ0n) is 16.5. The van der Waals surface area contributed by atoms with Gasteiger partial charge in [0.25, 0.3) is 0 Å². The van der Waals surface area contributed by atoms with Crippen molar-refractivity contribution in [3.05, 3.63) is 58.9 Å². The van der Waals surface area contributed by atoms with Crippen molar-refractivity contribution in [1.29, 1.82) is 0 Å². The highest BCUT2D eigenvalue weighted by molar-refractivity contribution is 7.92. The standard InChI is InChI=1S/C20H24ClFN2O4S/c1-14(20(25)23-12-4-5-15-6-9-17(22)10-7-15)24(29(3,26)27)18-13-16(21)8-11-19(18)28-2/h6-11,13-14H,4-5,12H2,1-3H3,(H,23,25)/t14-/m0/s1. The molecular formula is C20H24ClFN2O4S. The average Bonchev–Trinajstić information content (AvgIpc) is 2.65. The van der Waals surface area contributed by atoms with E-state index in [-0.39, 0.29) is 17.3 Å². The summed E-state index contributed by atoms with van der Waals surface area (Å²) >= 11 is 6.02. The summed E-state index contributed by atoms with van der Waals surface area (Å²) in [5.74, 6) is -0.458. The highest BCUT2D eigenvalue weighted by Crippen LogP contribution is 2.34. The second kappa shape index (κ2) is 9.93. The number of nitrogens with one attached hydrogen (secondary N) is 1. The molecule has 0 radical (unpaired) electrons. The number of nitrogens with zero attached hydrogens (tertiary/aromatic N) is 1. The molecule has 0 spiro atoms. The molecule has 6 nitrogen and oxygen atoms in total. The zero-order chi connectivity index (χ0) is 21.6. The Morgan fingerprint density at radius 3 is 2.48 bits per heavy atom. The number of rotatable bonds is 9. The van der Waals surface area contributed by atoms with Gasteiger partial charge in [0.05, 0.1) is 19.1 Å². The quantitative estimate of drug-likeness (QED) is 0.604. The van der Waals surface area contributed by atoms with Crippen LogP contribution < -0.4 is 14.4 Å². The summed E-state index contributed by atoms with van der Waals surface area (Å²) in [6.45, 7) is 1.85. The zero-order valence-corrected chi connectivity index (χ0v) is 18.1. The van der Waals surface area contributed by atoms with E-state index in [9.17, 15) is 17.6 Å². The van der Waals surface area contributed by atoms with Crippen LogP contribution in [0, 0.1) is 5.82 Å². The Balaban J connectivity index is 2.07. The van der Waals surface area contributed by atoms with Crippen molar-refractivity contribution in [2.75, 3.05) is 24.2 Å². The maximum Gasteiger partial charge on any atom is 0.243 e. The number of methoxy groups -OCH3 is 1. The summed E-state index contributed by atoms with van der Waals surface area (Å²) in [7, 11) is -2.38. The fourth-order valence-electron chi connectivity index (χ4n) is 2.92. The second-order valence-electron chi connectivity index (χ2n) is 6.57. The van der Waals surface area contributed by atoms with Gasteiger partial charge in [-0.3, -0.25) is 9.10 Å². The highest BCUT2D eigenvalue weighted by atomic mass is 35.5. The molecule has 158 valence electrons. The summed E-state index contributed by atoms with van der Waals surface area (Å²) in [6, 6.07) is 9.71. The number of halogens is 2. The summed E-state index contributed by atoms with van der Waals surface area (Å²) in [5.41, 5.74) is 1.14. The Labute approximate surface area is 175 Å². The van der Waals surface area contributed by atoms with Gasteiger partial charge in [0.15, 0.2) is 0 Å². The molecule has 0 heterocycles. The Hall–Kier alpha value is -2.32. The van der Waals surface area contributed by atoms with E-state index in [1.54, 1.807) is 24.3 Å². The molecule has 0 aliphatic rings. The Bertz CT molecular complexity index is 951. The van der Waals surface area contributed by atoms with Gasteiger partial charge in [-0.15, -0.1) is 0 Å². The molecule has 0 unspecified atom stereocenters. The van der Waals surface area contributed by atoms with Gasteiger partial charge in [0, 0.05) is 11.6 Å². The number of ether oxygens (including phenoxy) is 1. The number of sulfonamides is 1. The van der Waals surface area contributed by atoms with Gasteiger partial charge in [-0.2, -0.15) is 0 Å². The third-order valence-corrected chi connectivity index (χ3v) is 5.78. The van der Waals surface area contributed by atoms with Crippen LogP contribution in [-0.2, 0) is 21.2 Å². The van der Waals surface area contributed by atoms with E-state index in [0.717, 1.165) is 16.1 Å². The largest absolute Gasteiger partial charge is 0.495 e. The van der Waals surface area contributed by atoms with Crippen molar-refractivity contribution in [2.24, 2.45) is 0 Å². The van der Waals surface area contributed by atoms with Crippen molar-refractivity contribution < 1.29 is 22.3 Å². The van der Waals surface area contributed by atoms with Crippen molar-refractivity contribution >= 4 is 33.2 Å². The van der Waals surface area contributed by atoms with Gasteiger partial charge < -0.3 is 10.1 Å². The number of hydrogen-bond acceptors (Lipinski definition) is 4. The number of amides is 1. The number of aryl methyl sites for hydroxylation is 1. The Morgan fingerprint density at radius 1 is 1.24 bits per heavy atom. The number of carbonyl (C=O) groups excluding carboxylic acids is 1. The van der Waals surface area contributed by atoms with Gasteiger partial charge in [-0.25, -0.2) is 12.8 Å². The van der Waals surface area contributed by atoms with Crippen LogP contribution in [0.3, 0.4) is 0 Å². The molecule has 2 aromatic rings. The maximum absolute atomic E-state index is 12.9. The molecular weight excluding hydrogens is 419 g/mol. The van der Waals surface area contributed by atoms with Crippen LogP contribution in [0.2, 0.25) is 5.02 Å². The first kappa shape index (κ1) is 23.0. The van der Waals surface area contributed by atoms with Gasteiger partial charge in [0.2, 0.25) is 15.9 Å². The van der Waals surface area contributed by atoms with Crippen LogP contribution in [0.1, 0.15) is 18.9 Å². The topological polar surface area (TPSA) is 75.7 Å². The molecule has 1 amide bonds. The smallest absolute Gasteiger partial charge is 0.243 e. The van der Waals surface area contributed by atoms with Crippen molar-refractivity contribution in [3.8, 4) is 5.75 Å². The predicted octanol–water partition coefficient (Wildman–Crippen LogP) is 3.39. The van der Waals surface area contributed by atoms with E-state index in [1.165, 1.54) is 32.2 Å². The first-order valence-corrected chi connectivity index (χ1v) is 11.2. The molecule has 0 fully saturated rings. The van der Waals surface area contributed by atoms with Crippen LogP contribution in [0.4, 0.5) is 10.1 Å². The van der Waals surface area contributed by atoms with E-state index in [1.807, 2.05) is 0 Å². The molecule has 2 rings (SSSR count). The molecule has 1 N–H and O–H groups in total. The van der Waals surface area contributed by atoms with Gasteiger partial charge >= 0.3 is 0 Å². The van der Waals surface area contributed by atoms with E-state index in [0.29, 0.717) is 24.4 Å². The van der Waals surface area contributed by atoms with Crippen LogP contribution in [-0.4, -0.2) is 40.3 Å². The van der Waals surface area contributed by atoms with Crippen molar-refractivity contribution in [1.82, 2.24) is 5.32 Å². The lowest BCUT2D eigenvalue weighted by atomic mass is 10.1. The van der Waals surface area contributed by atoms with Crippen LogP contribution in [0.15, 0.2) is 42.5 Å².